The van der Waals surface area contributed by atoms with Crippen molar-refractivity contribution in [3.8, 4) is 0 Å². The van der Waals surface area contributed by atoms with E-state index < -0.39 is 11.7 Å². The summed E-state index contributed by atoms with van der Waals surface area (Å²) in [5, 5.41) is 6.21. The molecule has 1 saturated heterocycles. The van der Waals surface area contributed by atoms with Gasteiger partial charge in [-0.25, -0.2) is 9.97 Å². The van der Waals surface area contributed by atoms with Crippen LogP contribution in [0.1, 0.15) is 22.8 Å². The van der Waals surface area contributed by atoms with Gasteiger partial charge in [0, 0.05) is 31.2 Å². The Balaban J connectivity index is 1.73. The number of rotatable bonds is 3. The maximum Gasteiger partial charge on any atom is 0.419 e. The number of hydrogen-bond acceptors (Lipinski definition) is 5. The van der Waals surface area contributed by atoms with Crippen molar-refractivity contribution < 1.29 is 17.9 Å². The first-order valence-corrected chi connectivity index (χ1v) is 7.52. The number of ether oxygens (including phenoxy) is 1. The summed E-state index contributed by atoms with van der Waals surface area (Å²) < 4.78 is 43.3. The third kappa shape index (κ3) is 3.82. The third-order valence-corrected chi connectivity index (χ3v) is 3.78. The average Bonchev–Trinajstić information content (AvgIpc) is 2.57. The van der Waals surface area contributed by atoms with Gasteiger partial charge >= 0.3 is 6.18 Å². The van der Waals surface area contributed by atoms with E-state index in [1.165, 1.54) is 0 Å². The number of anilines is 2. The molecule has 2 N–H and O–H groups in total. The molecule has 1 aromatic carbocycles. The Morgan fingerprint density at radius 2 is 2.00 bits per heavy atom. The number of nitrogens with zero attached hydrogens (tertiary/aromatic N) is 2. The minimum Gasteiger partial charge on any atom is -0.371 e. The SMILES string of the molecule is Cc1cc([C@H]2CNCCO2)ccc1Nc1ncc(C(F)(F)F)cn1. The minimum atomic E-state index is -4.44. The minimum absolute atomic E-state index is 0.00817. The summed E-state index contributed by atoms with van der Waals surface area (Å²) in [5.41, 5.74) is 1.85. The fourth-order valence-electron chi connectivity index (χ4n) is 2.47. The Morgan fingerprint density at radius 3 is 2.58 bits per heavy atom. The van der Waals surface area contributed by atoms with Crippen LogP contribution >= 0.6 is 0 Å². The molecule has 1 fully saturated rings. The lowest BCUT2D eigenvalue weighted by molar-refractivity contribution is -0.138. The topological polar surface area (TPSA) is 59.1 Å². The summed E-state index contributed by atoms with van der Waals surface area (Å²) in [4.78, 5) is 7.43. The Morgan fingerprint density at radius 1 is 1.25 bits per heavy atom. The molecule has 1 aliphatic heterocycles. The van der Waals surface area contributed by atoms with E-state index in [-0.39, 0.29) is 12.1 Å². The van der Waals surface area contributed by atoms with Crippen LogP contribution in [0.15, 0.2) is 30.6 Å². The van der Waals surface area contributed by atoms with Crippen molar-refractivity contribution in [3.05, 3.63) is 47.3 Å². The Labute approximate surface area is 137 Å². The number of morpholine rings is 1. The van der Waals surface area contributed by atoms with Crippen molar-refractivity contribution >= 4 is 11.6 Å². The first-order valence-electron chi connectivity index (χ1n) is 7.52. The highest BCUT2D eigenvalue weighted by molar-refractivity contribution is 5.59. The quantitative estimate of drug-likeness (QED) is 0.900. The van der Waals surface area contributed by atoms with Gasteiger partial charge in [-0.3, -0.25) is 0 Å². The molecule has 0 amide bonds. The standard InChI is InChI=1S/C16H17F3N4O/c1-10-6-11(14-9-20-4-5-24-14)2-3-13(10)23-15-21-7-12(8-22-15)16(17,18)19/h2-3,6-8,14,20H,4-5,9H2,1H3,(H,21,22,23)/t14-/m1/s1. The average molecular weight is 338 g/mol. The van der Waals surface area contributed by atoms with Gasteiger partial charge in [0.2, 0.25) is 5.95 Å². The molecule has 5 nitrogen and oxygen atoms in total. The third-order valence-electron chi connectivity index (χ3n) is 3.78. The van der Waals surface area contributed by atoms with Crippen LogP contribution in [0.5, 0.6) is 0 Å². The molecular formula is C16H17F3N4O. The zero-order valence-corrected chi connectivity index (χ0v) is 13.0. The molecule has 0 unspecified atom stereocenters. The van der Waals surface area contributed by atoms with Gasteiger partial charge in [0.15, 0.2) is 0 Å². The lowest BCUT2D eigenvalue weighted by Crippen LogP contribution is -2.33. The fraction of sp³-hybridized carbons (Fsp3) is 0.375. The molecule has 0 saturated carbocycles. The lowest BCUT2D eigenvalue weighted by atomic mass is 10.0. The second kappa shape index (κ2) is 6.74. The molecule has 24 heavy (non-hydrogen) atoms. The normalized spacial score (nSPS) is 18.4. The highest BCUT2D eigenvalue weighted by atomic mass is 19.4. The summed E-state index contributed by atoms with van der Waals surface area (Å²) >= 11 is 0. The Kier molecular flexibility index (Phi) is 4.68. The number of alkyl halides is 3. The van der Waals surface area contributed by atoms with E-state index in [0.29, 0.717) is 6.61 Å². The van der Waals surface area contributed by atoms with Crippen LogP contribution in [0.3, 0.4) is 0 Å². The van der Waals surface area contributed by atoms with E-state index in [0.717, 1.165) is 42.3 Å². The second-order valence-electron chi connectivity index (χ2n) is 5.56. The summed E-state index contributed by atoms with van der Waals surface area (Å²) in [6.45, 7) is 4.18. The first kappa shape index (κ1) is 16.7. The van der Waals surface area contributed by atoms with Gasteiger partial charge in [0.05, 0.1) is 18.3 Å². The molecule has 2 aromatic rings. The van der Waals surface area contributed by atoms with E-state index in [4.69, 9.17) is 4.74 Å². The van der Waals surface area contributed by atoms with Gasteiger partial charge < -0.3 is 15.4 Å². The Bertz CT molecular complexity index is 697. The van der Waals surface area contributed by atoms with Crippen LogP contribution < -0.4 is 10.6 Å². The Hall–Kier alpha value is -2.19. The van der Waals surface area contributed by atoms with E-state index in [2.05, 4.69) is 20.6 Å². The van der Waals surface area contributed by atoms with Crippen LogP contribution in [-0.2, 0) is 10.9 Å². The van der Waals surface area contributed by atoms with Crippen molar-refractivity contribution in [3.63, 3.8) is 0 Å². The van der Waals surface area contributed by atoms with Gasteiger partial charge in [-0.2, -0.15) is 13.2 Å². The maximum absolute atomic E-state index is 12.5. The summed E-state index contributed by atoms with van der Waals surface area (Å²) in [5.74, 6) is 0.120. The molecule has 8 heteroatoms. The molecule has 3 rings (SSSR count). The number of nitrogens with one attached hydrogen (secondary N) is 2. The van der Waals surface area contributed by atoms with Crippen molar-refractivity contribution in [2.75, 3.05) is 25.0 Å². The summed E-state index contributed by atoms with van der Waals surface area (Å²) in [6, 6.07) is 5.77. The van der Waals surface area contributed by atoms with Gasteiger partial charge in [0.1, 0.15) is 0 Å². The van der Waals surface area contributed by atoms with Gasteiger partial charge in [0.25, 0.3) is 0 Å². The predicted octanol–water partition coefficient (Wildman–Crippen LogP) is 3.21. The fourth-order valence-corrected chi connectivity index (χ4v) is 2.47. The van der Waals surface area contributed by atoms with Crippen LogP contribution in [0.4, 0.5) is 24.8 Å². The molecule has 1 atom stereocenters. The van der Waals surface area contributed by atoms with Gasteiger partial charge in [-0.1, -0.05) is 12.1 Å². The monoisotopic (exact) mass is 338 g/mol. The van der Waals surface area contributed by atoms with Crippen LogP contribution in [-0.4, -0.2) is 29.7 Å². The van der Waals surface area contributed by atoms with E-state index >= 15 is 0 Å². The van der Waals surface area contributed by atoms with E-state index in [1.54, 1.807) is 0 Å². The molecule has 0 radical (unpaired) electrons. The van der Waals surface area contributed by atoms with Crippen molar-refractivity contribution in [1.29, 1.82) is 0 Å². The highest BCUT2D eigenvalue weighted by Gasteiger charge is 2.31. The number of hydrogen-bond donors (Lipinski definition) is 2. The smallest absolute Gasteiger partial charge is 0.371 e. The van der Waals surface area contributed by atoms with E-state index in [1.807, 2.05) is 25.1 Å². The highest BCUT2D eigenvalue weighted by Crippen LogP contribution is 2.29. The number of benzene rings is 1. The maximum atomic E-state index is 12.5. The second-order valence-corrected chi connectivity index (χ2v) is 5.56. The van der Waals surface area contributed by atoms with Gasteiger partial charge in [-0.05, 0) is 24.1 Å². The zero-order valence-electron chi connectivity index (χ0n) is 13.0. The van der Waals surface area contributed by atoms with Crippen LogP contribution in [0, 0.1) is 6.92 Å². The lowest BCUT2D eigenvalue weighted by Gasteiger charge is -2.24. The van der Waals surface area contributed by atoms with Crippen molar-refractivity contribution in [2.45, 2.75) is 19.2 Å². The van der Waals surface area contributed by atoms with Crippen molar-refractivity contribution in [1.82, 2.24) is 15.3 Å². The first-order chi connectivity index (χ1) is 11.4. The molecule has 1 aromatic heterocycles. The van der Waals surface area contributed by atoms with Gasteiger partial charge in [-0.15, -0.1) is 0 Å². The number of aryl methyl sites for hydroxylation is 1. The molecule has 128 valence electrons. The largest absolute Gasteiger partial charge is 0.419 e. The molecule has 0 aliphatic carbocycles. The summed E-state index contributed by atoms with van der Waals surface area (Å²) in [6.07, 6.45) is -2.90. The van der Waals surface area contributed by atoms with Crippen molar-refractivity contribution in [2.24, 2.45) is 0 Å². The van der Waals surface area contributed by atoms with Crippen LogP contribution in [0.2, 0.25) is 0 Å². The summed E-state index contributed by atoms with van der Waals surface area (Å²) in [7, 11) is 0. The molecule has 2 heterocycles. The zero-order chi connectivity index (χ0) is 17.2. The molecule has 0 spiro atoms. The molecular weight excluding hydrogens is 321 g/mol. The predicted molar refractivity (Wildman–Crippen MR) is 83.1 cm³/mol. The van der Waals surface area contributed by atoms with Crippen LogP contribution in [0.25, 0.3) is 0 Å². The molecule has 0 bridgehead atoms. The molecule has 1 aliphatic rings. The van der Waals surface area contributed by atoms with E-state index in [9.17, 15) is 13.2 Å². The number of aromatic nitrogens is 2. The number of halogens is 3.